The molecule has 3 aromatic rings. The lowest BCUT2D eigenvalue weighted by molar-refractivity contribution is 0.0240. The molecule has 14 heteroatoms. The number of methoxy groups -OCH3 is 1. The molecular weight excluding hydrogens is 624 g/mol. The molecule has 1 saturated heterocycles. The van der Waals surface area contributed by atoms with Crippen LogP contribution in [0.3, 0.4) is 0 Å². The van der Waals surface area contributed by atoms with Crippen molar-refractivity contribution in [3.63, 3.8) is 0 Å². The molecule has 254 valence electrons. The number of carbonyl (C=O) groups excluding carboxylic acids is 2. The van der Waals surface area contributed by atoms with E-state index in [4.69, 9.17) is 14.2 Å². The number of benzene rings is 2. The normalized spacial score (nSPS) is 14.0. The lowest BCUT2D eigenvalue weighted by Gasteiger charge is -2.36. The van der Waals surface area contributed by atoms with Crippen LogP contribution in [0.4, 0.5) is 22.0 Å². The minimum Gasteiger partial charge on any atom is -0.492 e. The Hall–Kier alpha value is -4.59. The van der Waals surface area contributed by atoms with Gasteiger partial charge in [0.1, 0.15) is 23.5 Å². The Kier molecular flexibility index (Phi) is 10.2. The molecule has 13 nitrogen and oxygen atoms in total. The number of carbonyl (C=O) groups is 2. The second-order valence-electron chi connectivity index (χ2n) is 13.4. The number of hydrogen-bond donors (Lipinski definition) is 2. The number of nitrogens with one attached hydrogen (secondary N) is 2. The van der Waals surface area contributed by atoms with Gasteiger partial charge in [0, 0.05) is 37.8 Å². The molecular formula is C33H44N6O7S. The zero-order valence-electron chi connectivity index (χ0n) is 28.4. The summed E-state index contributed by atoms with van der Waals surface area (Å²) in [6.45, 7) is 15.4. The molecule has 1 aromatic heterocycles. The van der Waals surface area contributed by atoms with Gasteiger partial charge in [-0.2, -0.15) is 0 Å². The molecule has 0 bridgehead atoms. The molecule has 2 heterocycles. The maximum absolute atomic E-state index is 13.5. The number of sulfonamides is 1. The quantitative estimate of drug-likeness (QED) is 0.312. The Morgan fingerprint density at radius 2 is 1.57 bits per heavy atom. The summed E-state index contributed by atoms with van der Waals surface area (Å²) in [7, 11) is -2.22. The van der Waals surface area contributed by atoms with Gasteiger partial charge in [-0.1, -0.05) is 26.8 Å². The van der Waals surface area contributed by atoms with Crippen molar-refractivity contribution in [2.45, 2.75) is 59.5 Å². The van der Waals surface area contributed by atoms with Gasteiger partial charge in [0.2, 0.25) is 15.9 Å². The number of piperazine rings is 1. The third kappa shape index (κ3) is 9.47. The summed E-state index contributed by atoms with van der Waals surface area (Å²) in [5.74, 6) is 1.10. The van der Waals surface area contributed by atoms with E-state index in [0.717, 1.165) is 17.4 Å². The maximum Gasteiger partial charge on any atom is 0.410 e. The van der Waals surface area contributed by atoms with E-state index in [9.17, 15) is 18.0 Å². The lowest BCUT2D eigenvalue weighted by Crippen LogP contribution is -2.50. The average molecular weight is 669 g/mol. The Morgan fingerprint density at radius 3 is 2.17 bits per heavy atom. The van der Waals surface area contributed by atoms with Crippen LogP contribution in [-0.4, -0.2) is 80.4 Å². The summed E-state index contributed by atoms with van der Waals surface area (Å²) in [4.78, 5) is 38.4. The molecule has 2 N–H and O–H groups in total. The monoisotopic (exact) mass is 668 g/mol. The van der Waals surface area contributed by atoms with Crippen molar-refractivity contribution in [2.24, 2.45) is 0 Å². The molecule has 0 saturated carbocycles. The Bertz CT molecular complexity index is 1740. The fraction of sp³-hybridized carbons (Fsp3) is 0.455. The Balaban J connectivity index is 1.52. The second-order valence-corrected chi connectivity index (χ2v) is 15.2. The van der Waals surface area contributed by atoms with Crippen LogP contribution >= 0.6 is 0 Å². The molecule has 0 radical (unpaired) electrons. The standard InChI is InChI=1S/C33H44N6O7S/c1-21-10-11-22(30(40)36-24-17-23(32(2,3)4)18-25(29(24)44-8)37-47(9,42)43)16-26(21)45-28-19-27(34-20-35-28)38-12-14-39(15-13-38)31(41)46-33(5,6)7/h10-11,16-20,37H,12-15H2,1-9H3,(H,36,40). The number of aromatic nitrogens is 2. The van der Waals surface area contributed by atoms with Crippen LogP contribution in [0.15, 0.2) is 42.7 Å². The summed E-state index contributed by atoms with van der Waals surface area (Å²) in [5.41, 5.74) is 1.49. The molecule has 4 rings (SSSR count). The van der Waals surface area contributed by atoms with E-state index in [2.05, 4.69) is 20.0 Å². The SMILES string of the molecule is COc1c(NC(=O)c2ccc(C)c(Oc3cc(N4CCN(C(=O)OC(C)(C)C)CC4)ncn3)c2)cc(C(C)(C)C)cc1NS(C)(=O)=O. The van der Waals surface area contributed by atoms with Crippen molar-refractivity contribution in [2.75, 3.05) is 54.5 Å². The van der Waals surface area contributed by atoms with Crippen LogP contribution in [0, 0.1) is 6.92 Å². The number of hydrogen-bond acceptors (Lipinski definition) is 10. The van der Waals surface area contributed by atoms with E-state index in [1.54, 1.807) is 41.3 Å². The van der Waals surface area contributed by atoms with Gasteiger partial charge in [0.25, 0.3) is 5.91 Å². The maximum atomic E-state index is 13.5. The molecule has 0 spiro atoms. The number of rotatable bonds is 8. The highest BCUT2D eigenvalue weighted by Crippen LogP contribution is 2.39. The molecule has 1 fully saturated rings. The number of anilines is 3. The Labute approximate surface area is 276 Å². The summed E-state index contributed by atoms with van der Waals surface area (Å²) < 4.78 is 43.8. The highest BCUT2D eigenvalue weighted by atomic mass is 32.2. The molecule has 1 aliphatic rings. The minimum absolute atomic E-state index is 0.181. The number of ether oxygens (including phenoxy) is 3. The molecule has 2 amide bonds. The fourth-order valence-corrected chi connectivity index (χ4v) is 5.36. The van der Waals surface area contributed by atoms with E-state index < -0.39 is 21.5 Å². The second kappa shape index (κ2) is 13.6. The van der Waals surface area contributed by atoms with E-state index in [1.807, 2.05) is 53.4 Å². The zero-order valence-corrected chi connectivity index (χ0v) is 29.2. The van der Waals surface area contributed by atoms with Crippen LogP contribution in [0.1, 0.15) is 63.0 Å². The average Bonchev–Trinajstić information content (AvgIpc) is 2.96. The molecule has 47 heavy (non-hydrogen) atoms. The van der Waals surface area contributed by atoms with Crippen molar-refractivity contribution < 1.29 is 32.2 Å². The third-order valence-electron chi connectivity index (χ3n) is 7.25. The molecule has 0 unspecified atom stereocenters. The van der Waals surface area contributed by atoms with Gasteiger partial charge in [-0.15, -0.1) is 0 Å². The number of nitrogens with zero attached hydrogens (tertiary/aromatic N) is 4. The summed E-state index contributed by atoms with van der Waals surface area (Å²) in [5, 5.41) is 2.88. The smallest absolute Gasteiger partial charge is 0.410 e. The number of aryl methyl sites for hydroxylation is 1. The molecule has 0 aliphatic carbocycles. The van der Waals surface area contributed by atoms with E-state index in [0.29, 0.717) is 54.9 Å². The van der Waals surface area contributed by atoms with Gasteiger partial charge in [0.05, 0.1) is 24.7 Å². The van der Waals surface area contributed by atoms with Crippen molar-refractivity contribution in [3.05, 3.63) is 59.4 Å². The summed E-state index contributed by atoms with van der Waals surface area (Å²) in [6.07, 6.45) is 2.12. The van der Waals surface area contributed by atoms with E-state index >= 15 is 0 Å². The van der Waals surface area contributed by atoms with Gasteiger partial charge in [-0.25, -0.2) is 23.2 Å². The predicted molar refractivity (Wildman–Crippen MR) is 181 cm³/mol. The van der Waals surface area contributed by atoms with Crippen molar-refractivity contribution in [1.29, 1.82) is 0 Å². The zero-order chi connectivity index (χ0) is 34.7. The highest BCUT2D eigenvalue weighted by molar-refractivity contribution is 7.92. The van der Waals surface area contributed by atoms with Crippen LogP contribution < -0.4 is 24.4 Å². The van der Waals surface area contributed by atoms with Crippen LogP contribution in [0.2, 0.25) is 0 Å². The molecule has 0 atom stereocenters. The third-order valence-corrected chi connectivity index (χ3v) is 7.84. The highest BCUT2D eigenvalue weighted by Gasteiger charge is 2.27. The first-order valence-electron chi connectivity index (χ1n) is 15.2. The fourth-order valence-electron chi connectivity index (χ4n) is 4.81. The first-order chi connectivity index (χ1) is 21.8. The van der Waals surface area contributed by atoms with Crippen LogP contribution in [-0.2, 0) is 20.2 Å². The van der Waals surface area contributed by atoms with Gasteiger partial charge in [0.15, 0.2) is 5.75 Å². The minimum atomic E-state index is -3.63. The van der Waals surface area contributed by atoms with E-state index in [1.165, 1.54) is 13.4 Å². The first-order valence-corrected chi connectivity index (χ1v) is 17.1. The van der Waals surface area contributed by atoms with Gasteiger partial charge >= 0.3 is 6.09 Å². The van der Waals surface area contributed by atoms with Crippen LogP contribution in [0.5, 0.6) is 17.4 Å². The van der Waals surface area contributed by atoms with Gasteiger partial charge < -0.3 is 29.3 Å². The topological polar surface area (TPSA) is 152 Å². The van der Waals surface area contributed by atoms with Crippen LogP contribution in [0.25, 0.3) is 0 Å². The predicted octanol–water partition coefficient (Wildman–Crippen LogP) is 5.56. The van der Waals surface area contributed by atoms with Crippen molar-refractivity contribution in [1.82, 2.24) is 14.9 Å². The van der Waals surface area contributed by atoms with Crippen molar-refractivity contribution in [3.8, 4) is 17.4 Å². The molecule has 1 aliphatic heterocycles. The number of amides is 2. The molecule has 2 aromatic carbocycles. The lowest BCUT2D eigenvalue weighted by atomic mass is 9.86. The Morgan fingerprint density at radius 1 is 0.915 bits per heavy atom. The van der Waals surface area contributed by atoms with Gasteiger partial charge in [-0.3, -0.25) is 9.52 Å². The summed E-state index contributed by atoms with van der Waals surface area (Å²) in [6, 6.07) is 10.2. The summed E-state index contributed by atoms with van der Waals surface area (Å²) >= 11 is 0. The van der Waals surface area contributed by atoms with E-state index in [-0.39, 0.29) is 22.9 Å². The first kappa shape index (κ1) is 35.3. The van der Waals surface area contributed by atoms with Crippen molar-refractivity contribution >= 4 is 39.2 Å². The van der Waals surface area contributed by atoms with Gasteiger partial charge in [-0.05, 0) is 68.5 Å². The largest absolute Gasteiger partial charge is 0.492 e.